The van der Waals surface area contributed by atoms with E-state index in [9.17, 15) is 9.59 Å². The van der Waals surface area contributed by atoms with Crippen LogP contribution in [0.2, 0.25) is 10.0 Å². The molecule has 1 heterocycles. The fourth-order valence-corrected chi connectivity index (χ4v) is 4.36. The number of anilines is 1. The van der Waals surface area contributed by atoms with Crippen molar-refractivity contribution in [2.75, 3.05) is 18.1 Å². The number of hydrogen-bond acceptors (Lipinski definition) is 5. The Bertz CT molecular complexity index is 1150. The van der Waals surface area contributed by atoms with Gasteiger partial charge in [-0.1, -0.05) is 41.9 Å². The Kier molecular flexibility index (Phi) is 8.16. The highest BCUT2D eigenvalue weighted by Gasteiger charge is 2.35. The first kappa shape index (κ1) is 24.5. The van der Waals surface area contributed by atoms with Gasteiger partial charge in [0.15, 0.2) is 16.6 Å². The highest BCUT2D eigenvalue weighted by molar-refractivity contribution is 14.1. The summed E-state index contributed by atoms with van der Waals surface area (Å²) in [7, 11) is 0. The number of carbonyl (C=O) groups excluding carboxylic acids is 2. The van der Waals surface area contributed by atoms with Crippen molar-refractivity contribution in [3.8, 4) is 11.5 Å². The Labute approximate surface area is 214 Å². The lowest BCUT2D eigenvalue weighted by atomic mass is 10.1. The fourth-order valence-electron chi connectivity index (χ4n) is 2.92. The number of thiocarbonyl (C=S) groups is 1. The molecule has 0 unspecified atom stereocenters. The van der Waals surface area contributed by atoms with Gasteiger partial charge in [-0.15, -0.1) is 0 Å². The predicted octanol–water partition coefficient (Wildman–Crippen LogP) is 5.39. The van der Waals surface area contributed by atoms with Crippen LogP contribution >= 0.6 is 58.0 Å². The van der Waals surface area contributed by atoms with Gasteiger partial charge in [0.2, 0.25) is 0 Å². The molecule has 0 aliphatic carbocycles. The number of hydrogen-bond donors (Lipinski definition) is 1. The third-order valence-corrected chi connectivity index (χ3v) is 6.16. The van der Waals surface area contributed by atoms with Crippen LogP contribution < -0.4 is 19.7 Å². The van der Waals surface area contributed by atoms with E-state index in [4.69, 9.17) is 44.9 Å². The van der Waals surface area contributed by atoms with Crippen LogP contribution in [0, 0.1) is 3.57 Å². The lowest BCUT2D eigenvalue weighted by molar-refractivity contribution is -0.122. The molecule has 2 aromatic carbocycles. The Balaban J connectivity index is 2.06. The van der Waals surface area contributed by atoms with Gasteiger partial charge in [0, 0.05) is 0 Å². The number of nitrogens with zero attached hydrogens (tertiary/aromatic N) is 1. The Morgan fingerprint density at radius 3 is 2.69 bits per heavy atom. The summed E-state index contributed by atoms with van der Waals surface area (Å²) < 4.78 is 12.1. The van der Waals surface area contributed by atoms with Crippen molar-refractivity contribution < 1.29 is 19.1 Å². The molecule has 1 N–H and O–H groups in total. The van der Waals surface area contributed by atoms with Crippen LogP contribution in [0.15, 0.2) is 48.6 Å². The van der Waals surface area contributed by atoms with E-state index in [1.54, 1.807) is 36.4 Å². The van der Waals surface area contributed by atoms with Gasteiger partial charge in [-0.05, 0) is 77.6 Å². The lowest BCUT2D eigenvalue weighted by Gasteiger charge is -2.29. The lowest BCUT2D eigenvalue weighted by Crippen LogP contribution is -2.54. The average molecular weight is 603 g/mol. The Morgan fingerprint density at radius 1 is 1.25 bits per heavy atom. The first-order valence-electron chi connectivity index (χ1n) is 9.34. The van der Waals surface area contributed by atoms with E-state index in [0.717, 1.165) is 8.47 Å². The Morgan fingerprint density at radius 2 is 2.00 bits per heavy atom. The number of carbonyl (C=O) groups is 2. The third kappa shape index (κ3) is 5.09. The van der Waals surface area contributed by atoms with Crippen molar-refractivity contribution in [1.29, 1.82) is 0 Å². The molecule has 0 atom stereocenters. The molecule has 0 aromatic heterocycles. The van der Waals surface area contributed by atoms with Crippen LogP contribution in [0.3, 0.4) is 0 Å². The maximum atomic E-state index is 13.3. The van der Waals surface area contributed by atoms with E-state index < -0.39 is 11.8 Å². The molecule has 1 aliphatic rings. The predicted molar refractivity (Wildman–Crippen MR) is 139 cm³/mol. The number of halogens is 3. The van der Waals surface area contributed by atoms with Crippen LogP contribution in [-0.2, 0) is 9.59 Å². The van der Waals surface area contributed by atoms with Crippen molar-refractivity contribution in [2.45, 2.75) is 6.92 Å². The molecule has 0 radical (unpaired) electrons. The summed E-state index contributed by atoms with van der Waals surface area (Å²) in [6.07, 6.45) is 3.10. The molecule has 2 amide bonds. The van der Waals surface area contributed by atoms with Crippen LogP contribution in [0.5, 0.6) is 11.5 Å². The maximum Gasteiger partial charge on any atom is 0.270 e. The molecule has 0 bridgehead atoms. The molecular weight excluding hydrogens is 586 g/mol. The third-order valence-electron chi connectivity index (χ3n) is 4.26. The minimum atomic E-state index is -0.622. The van der Waals surface area contributed by atoms with Gasteiger partial charge in [0.1, 0.15) is 12.2 Å². The van der Waals surface area contributed by atoms with Crippen LogP contribution in [0.4, 0.5) is 5.69 Å². The summed E-state index contributed by atoms with van der Waals surface area (Å²) in [6, 6.07) is 8.29. The second-order valence-electron chi connectivity index (χ2n) is 6.39. The topological polar surface area (TPSA) is 67.9 Å². The minimum Gasteiger partial charge on any atom is -0.490 e. The van der Waals surface area contributed by atoms with Crippen LogP contribution in [0.25, 0.3) is 6.08 Å². The molecule has 0 saturated carbocycles. The molecule has 1 aliphatic heterocycles. The van der Waals surface area contributed by atoms with E-state index in [1.807, 2.05) is 6.92 Å². The molecular formula is C22H17Cl2IN2O4S. The van der Waals surface area contributed by atoms with Gasteiger partial charge in [-0.25, -0.2) is 0 Å². The number of benzene rings is 2. The van der Waals surface area contributed by atoms with E-state index >= 15 is 0 Å². The monoisotopic (exact) mass is 602 g/mol. The molecule has 10 heteroatoms. The molecule has 6 nitrogen and oxygen atoms in total. The SMILES string of the molecule is C=CCOc1c(I)cc(/C=C2\C(=O)NC(=S)N(c3cccc(Cl)c3Cl)C2=O)cc1OCC. The normalized spacial score (nSPS) is 15.1. The zero-order valence-corrected chi connectivity index (χ0v) is 21.3. The number of ether oxygens (including phenoxy) is 2. The molecule has 166 valence electrons. The van der Waals surface area contributed by atoms with Gasteiger partial charge < -0.3 is 9.47 Å². The van der Waals surface area contributed by atoms with Gasteiger partial charge in [0.25, 0.3) is 11.8 Å². The molecule has 1 saturated heterocycles. The summed E-state index contributed by atoms with van der Waals surface area (Å²) in [5.74, 6) is -0.193. The van der Waals surface area contributed by atoms with Gasteiger partial charge in [-0.2, -0.15) is 0 Å². The largest absolute Gasteiger partial charge is 0.490 e. The number of amides is 2. The second kappa shape index (κ2) is 10.7. The zero-order chi connectivity index (χ0) is 23.4. The number of nitrogens with one attached hydrogen (secondary N) is 1. The Hall–Kier alpha value is -2.14. The van der Waals surface area contributed by atoms with Gasteiger partial charge in [-0.3, -0.25) is 19.8 Å². The van der Waals surface area contributed by atoms with Crippen LogP contribution in [0.1, 0.15) is 12.5 Å². The molecule has 1 fully saturated rings. The van der Waals surface area contributed by atoms with Gasteiger partial charge >= 0.3 is 0 Å². The summed E-state index contributed by atoms with van der Waals surface area (Å²) in [4.78, 5) is 27.0. The first-order valence-corrected chi connectivity index (χ1v) is 11.6. The standard InChI is InChI=1S/C22H17Cl2IN2O4S/c1-3-8-31-19-15(25)10-12(11-17(19)30-4-2)9-13-20(28)26-22(32)27(21(13)29)16-7-5-6-14(23)18(16)24/h3,5-7,9-11H,1,4,8H2,2H3,(H,26,28,32)/b13-9+. The van der Waals surface area contributed by atoms with Crippen molar-refractivity contribution in [1.82, 2.24) is 5.32 Å². The smallest absolute Gasteiger partial charge is 0.270 e. The van der Waals surface area contributed by atoms with E-state index in [-0.39, 0.29) is 26.4 Å². The van der Waals surface area contributed by atoms with E-state index in [2.05, 4.69) is 34.5 Å². The number of rotatable bonds is 7. The van der Waals surface area contributed by atoms with Crippen molar-refractivity contribution in [3.05, 3.63) is 67.7 Å². The highest BCUT2D eigenvalue weighted by Crippen LogP contribution is 2.37. The van der Waals surface area contributed by atoms with Crippen molar-refractivity contribution in [3.63, 3.8) is 0 Å². The zero-order valence-electron chi connectivity index (χ0n) is 16.8. The molecule has 32 heavy (non-hydrogen) atoms. The van der Waals surface area contributed by atoms with Gasteiger partial charge in [0.05, 0.1) is 25.9 Å². The minimum absolute atomic E-state index is 0.0842. The quantitative estimate of drug-likeness (QED) is 0.151. The highest BCUT2D eigenvalue weighted by atomic mass is 127. The average Bonchev–Trinajstić information content (AvgIpc) is 2.73. The summed E-state index contributed by atoms with van der Waals surface area (Å²) in [5.41, 5.74) is 0.734. The summed E-state index contributed by atoms with van der Waals surface area (Å²) in [5, 5.41) is 2.85. The summed E-state index contributed by atoms with van der Waals surface area (Å²) >= 11 is 19.7. The molecule has 3 rings (SSSR count). The second-order valence-corrected chi connectivity index (χ2v) is 8.73. The van der Waals surface area contributed by atoms with Crippen molar-refractivity contribution in [2.24, 2.45) is 0 Å². The molecule has 0 spiro atoms. The van der Waals surface area contributed by atoms with E-state index in [0.29, 0.717) is 30.3 Å². The summed E-state index contributed by atoms with van der Waals surface area (Å²) in [6.45, 7) is 6.22. The van der Waals surface area contributed by atoms with Crippen LogP contribution in [-0.4, -0.2) is 30.1 Å². The fraction of sp³-hybridized carbons (Fsp3) is 0.136. The molecule has 2 aromatic rings. The van der Waals surface area contributed by atoms with Crippen molar-refractivity contribution >= 4 is 86.7 Å². The van der Waals surface area contributed by atoms with E-state index in [1.165, 1.54) is 6.08 Å². The maximum absolute atomic E-state index is 13.3. The first-order chi connectivity index (χ1) is 15.3.